The molecule has 14 heavy (non-hydrogen) atoms. The molecule has 0 rings (SSSR count). The number of esters is 1. The molecule has 1 unspecified atom stereocenters. The van der Waals surface area contributed by atoms with E-state index in [4.69, 9.17) is 4.74 Å². The SMILES string of the molecule is C=C(C=O)C(CC(=O)OCC)C(C)C. The molecule has 0 heterocycles. The topological polar surface area (TPSA) is 43.4 Å². The zero-order valence-electron chi connectivity index (χ0n) is 9.08. The Hall–Kier alpha value is -1.12. The van der Waals surface area contributed by atoms with E-state index < -0.39 is 0 Å². The Balaban J connectivity index is 4.30. The van der Waals surface area contributed by atoms with Crippen molar-refractivity contribution in [3.8, 4) is 0 Å². The zero-order chi connectivity index (χ0) is 11.1. The Bertz CT molecular complexity index is 219. The van der Waals surface area contributed by atoms with E-state index in [1.54, 1.807) is 6.92 Å². The van der Waals surface area contributed by atoms with E-state index >= 15 is 0 Å². The first-order valence-corrected chi connectivity index (χ1v) is 4.82. The van der Waals surface area contributed by atoms with Gasteiger partial charge < -0.3 is 4.74 Å². The molecule has 0 fully saturated rings. The first-order valence-electron chi connectivity index (χ1n) is 4.82. The fourth-order valence-corrected chi connectivity index (χ4v) is 1.28. The van der Waals surface area contributed by atoms with Crippen molar-refractivity contribution in [1.29, 1.82) is 0 Å². The van der Waals surface area contributed by atoms with Crippen LogP contribution >= 0.6 is 0 Å². The lowest BCUT2D eigenvalue weighted by Crippen LogP contribution is -2.18. The average molecular weight is 198 g/mol. The van der Waals surface area contributed by atoms with E-state index in [1.165, 1.54) is 0 Å². The van der Waals surface area contributed by atoms with Gasteiger partial charge in [-0.3, -0.25) is 9.59 Å². The van der Waals surface area contributed by atoms with E-state index in [-0.39, 0.29) is 24.2 Å². The molecule has 0 bridgehead atoms. The Kier molecular flexibility index (Phi) is 5.84. The Labute approximate surface area is 85.1 Å². The number of hydrogen-bond acceptors (Lipinski definition) is 3. The largest absolute Gasteiger partial charge is 0.466 e. The summed E-state index contributed by atoms with van der Waals surface area (Å²) < 4.78 is 4.82. The van der Waals surface area contributed by atoms with Gasteiger partial charge in [-0.25, -0.2) is 0 Å². The van der Waals surface area contributed by atoms with Gasteiger partial charge in [0.1, 0.15) is 6.29 Å². The molecule has 0 aromatic heterocycles. The number of hydrogen-bond donors (Lipinski definition) is 0. The second kappa shape index (κ2) is 6.35. The molecular weight excluding hydrogens is 180 g/mol. The van der Waals surface area contributed by atoms with Gasteiger partial charge in [0.2, 0.25) is 0 Å². The van der Waals surface area contributed by atoms with Crippen molar-refractivity contribution in [3.05, 3.63) is 12.2 Å². The molecule has 0 aromatic rings. The number of carbonyl (C=O) groups excluding carboxylic acids is 2. The van der Waals surface area contributed by atoms with Crippen molar-refractivity contribution < 1.29 is 14.3 Å². The number of aldehydes is 1. The summed E-state index contributed by atoms with van der Waals surface area (Å²) in [5, 5.41) is 0. The van der Waals surface area contributed by atoms with Crippen LogP contribution in [0.15, 0.2) is 12.2 Å². The van der Waals surface area contributed by atoms with Crippen LogP contribution in [-0.2, 0) is 14.3 Å². The van der Waals surface area contributed by atoms with Crippen LogP contribution < -0.4 is 0 Å². The minimum atomic E-state index is -0.269. The molecule has 0 aromatic carbocycles. The van der Waals surface area contributed by atoms with Crippen LogP contribution in [0.4, 0.5) is 0 Å². The smallest absolute Gasteiger partial charge is 0.306 e. The van der Waals surface area contributed by atoms with Crippen LogP contribution in [-0.4, -0.2) is 18.9 Å². The van der Waals surface area contributed by atoms with E-state index in [2.05, 4.69) is 6.58 Å². The maximum atomic E-state index is 11.2. The number of carbonyl (C=O) groups is 2. The van der Waals surface area contributed by atoms with Gasteiger partial charge in [-0.1, -0.05) is 20.4 Å². The highest BCUT2D eigenvalue weighted by Crippen LogP contribution is 2.22. The predicted molar refractivity (Wildman–Crippen MR) is 54.8 cm³/mol. The van der Waals surface area contributed by atoms with Crippen LogP contribution in [0.3, 0.4) is 0 Å². The van der Waals surface area contributed by atoms with Crippen molar-refractivity contribution in [3.63, 3.8) is 0 Å². The second-order valence-electron chi connectivity index (χ2n) is 3.55. The second-order valence-corrected chi connectivity index (χ2v) is 3.55. The van der Waals surface area contributed by atoms with E-state index in [0.29, 0.717) is 18.5 Å². The van der Waals surface area contributed by atoms with Gasteiger partial charge >= 0.3 is 5.97 Å². The van der Waals surface area contributed by atoms with E-state index in [1.807, 2.05) is 13.8 Å². The van der Waals surface area contributed by atoms with Gasteiger partial charge in [-0.05, 0) is 24.3 Å². The first-order chi connectivity index (χ1) is 6.52. The van der Waals surface area contributed by atoms with Crippen molar-refractivity contribution in [1.82, 2.24) is 0 Å². The molecular formula is C11H18O3. The average Bonchev–Trinajstić information content (AvgIpc) is 2.13. The van der Waals surface area contributed by atoms with Gasteiger partial charge in [-0.2, -0.15) is 0 Å². The fourth-order valence-electron chi connectivity index (χ4n) is 1.28. The van der Waals surface area contributed by atoms with Gasteiger partial charge in [0.25, 0.3) is 0 Å². The van der Waals surface area contributed by atoms with Crippen LogP contribution in [0.5, 0.6) is 0 Å². The zero-order valence-corrected chi connectivity index (χ0v) is 9.08. The van der Waals surface area contributed by atoms with Crippen molar-refractivity contribution in [2.45, 2.75) is 27.2 Å². The van der Waals surface area contributed by atoms with Crippen LogP contribution in [0, 0.1) is 11.8 Å². The third kappa shape index (κ3) is 4.21. The van der Waals surface area contributed by atoms with Gasteiger partial charge in [0, 0.05) is 0 Å². The summed E-state index contributed by atoms with van der Waals surface area (Å²) in [5.74, 6) is -0.155. The molecule has 0 aliphatic heterocycles. The third-order valence-corrected chi connectivity index (χ3v) is 2.12. The summed E-state index contributed by atoms with van der Waals surface area (Å²) in [6.07, 6.45) is 0.951. The molecule has 3 heteroatoms. The first kappa shape index (κ1) is 12.9. The highest BCUT2D eigenvalue weighted by molar-refractivity contribution is 5.76. The number of ether oxygens (including phenoxy) is 1. The summed E-state index contributed by atoms with van der Waals surface area (Å²) in [6, 6.07) is 0. The van der Waals surface area contributed by atoms with Crippen molar-refractivity contribution in [2.24, 2.45) is 11.8 Å². The summed E-state index contributed by atoms with van der Waals surface area (Å²) in [6.45, 7) is 9.68. The fraction of sp³-hybridized carbons (Fsp3) is 0.636. The lowest BCUT2D eigenvalue weighted by Gasteiger charge is -2.18. The van der Waals surface area contributed by atoms with Gasteiger partial charge in [0.15, 0.2) is 0 Å². The highest BCUT2D eigenvalue weighted by Gasteiger charge is 2.20. The molecule has 0 saturated heterocycles. The maximum absolute atomic E-state index is 11.2. The van der Waals surface area contributed by atoms with E-state index in [0.717, 1.165) is 0 Å². The molecule has 0 spiro atoms. The molecule has 0 aliphatic rings. The quantitative estimate of drug-likeness (QED) is 0.372. The minimum Gasteiger partial charge on any atom is -0.466 e. The van der Waals surface area contributed by atoms with Crippen molar-refractivity contribution >= 4 is 12.3 Å². The molecule has 80 valence electrons. The van der Waals surface area contributed by atoms with Crippen LogP contribution in [0.2, 0.25) is 0 Å². The standard InChI is InChI=1S/C11H18O3/c1-5-14-11(13)6-10(8(2)3)9(4)7-12/h7-8,10H,4-6H2,1-3H3. The highest BCUT2D eigenvalue weighted by atomic mass is 16.5. The molecule has 3 nitrogen and oxygen atoms in total. The lowest BCUT2D eigenvalue weighted by atomic mass is 9.87. The Morgan fingerprint density at radius 2 is 2.07 bits per heavy atom. The minimum absolute atomic E-state index is 0.105. The molecule has 1 atom stereocenters. The summed E-state index contributed by atoms with van der Waals surface area (Å²) in [4.78, 5) is 21.7. The summed E-state index contributed by atoms with van der Waals surface area (Å²) in [7, 11) is 0. The molecule has 0 N–H and O–H groups in total. The van der Waals surface area contributed by atoms with Crippen LogP contribution in [0.1, 0.15) is 27.2 Å². The lowest BCUT2D eigenvalue weighted by molar-refractivity contribution is -0.144. The number of allylic oxidation sites excluding steroid dienone is 1. The van der Waals surface area contributed by atoms with E-state index in [9.17, 15) is 9.59 Å². The predicted octanol–water partition coefficient (Wildman–Crippen LogP) is 1.97. The molecule has 0 aliphatic carbocycles. The molecule has 0 radical (unpaired) electrons. The Morgan fingerprint density at radius 3 is 2.43 bits per heavy atom. The number of rotatable bonds is 6. The van der Waals surface area contributed by atoms with Gasteiger partial charge in [-0.15, -0.1) is 0 Å². The Morgan fingerprint density at radius 1 is 1.50 bits per heavy atom. The van der Waals surface area contributed by atoms with Crippen LogP contribution in [0.25, 0.3) is 0 Å². The normalized spacial score (nSPS) is 12.3. The third-order valence-electron chi connectivity index (χ3n) is 2.12. The maximum Gasteiger partial charge on any atom is 0.306 e. The summed E-state index contributed by atoms with van der Waals surface area (Å²) >= 11 is 0. The monoisotopic (exact) mass is 198 g/mol. The van der Waals surface area contributed by atoms with Gasteiger partial charge in [0.05, 0.1) is 13.0 Å². The van der Waals surface area contributed by atoms with Crippen molar-refractivity contribution in [2.75, 3.05) is 6.61 Å². The summed E-state index contributed by atoms with van der Waals surface area (Å²) in [5.41, 5.74) is 0.466. The molecule has 0 saturated carbocycles. The molecule has 0 amide bonds.